The van der Waals surface area contributed by atoms with Crippen LogP contribution < -0.4 is 0 Å². The fourth-order valence-electron chi connectivity index (χ4n) is 1.18. The van der Waals surface area contributed by atoms with Crippen molar-refractivity contribution in [2.75, 3.05) is 6.61 Å². The van der Waals surface area contributed by atoms with Gasteiger partial charge in [-0.05, 0) is 6.42 Å². The van der Waals surface area contributed by atoms with Gasteiger partial charge in [-0.25, -0.2) is 0 Å². The van der Waals surface area contributed by atoms with Crippen molar-refractivity contribution in [2.24, 2.45) is 0 Å². The van der Waals surface area contributed by atoms with Gasteiger partial charge in [-0.3, -0.25) is 8.98 Å². The van der Waals surface area contributed by atoms with E-state index in [1.165, 1.54) is 0 Å². The first kappa shape index (κ1) is 13.4. The van der Waals surface area contributed by atoms with Crippen LogP contribution in [0.4, 0.5) is 17.6 Å². The Morgan fingerprint density at radius 2 is 1.81 bits per heavy atom. The zero-order valence-corrected chi connectivity index (χ0v) is 8.86. The van der Waals surface area contributed by atoms with Crippen molar-refractivity contribution in [1.82, 2.24) is 0 Å². The first-order valence-electron chi connectivity index (χ1n) is 4.18. The molecule has 1 heterocycles. The fourth-order valence-corrected chi connectivity index (χ4v) is 2.47. The molecule has 0 radical (unpaired) electrons. The van der Waals surface area contributed by atoms with E-state index in [9.17, 15) is 30.8 Å². The first-order chi connectivity index (χ1) is 7.00. The third-order valence-electron chi connectivity index (χ3n) is 2.13. The Bertz CT molecular complexity index is 397. The van der Waals surface area contributed by atoms with E-state index in [4.69, 9.17) is 0 Å². The molecule has 1 unspecified atom stereocenters. The van der Waals surface area contributed by atoms with Crippen molar-refractivity contribution in [3.05, 3.63) is 0 Å². The van der Waals surface area contributed by atoms with Crippen LogP contribution in [-0.4, -0.2) is 37.9 Å². The van der Waals surface area contributed by atoms with E-state index >= 15 is 0 Å². The highest BCUT2D eigenvalue weighted by Crippen LogP contribution is 2.37. The molecule has 1 rings (SSSR count). The lowest BCUT2D eigenvalue weighted by Crippen LogP contribution is -2.50. The second kappa shape index (κ2) is 3.66. The lowest BCUT2D eigenvalue weighted by molar-refractivity contribution is -0.200. The van der Waals surface area contributed by atoms with Crippen LogP contribution in [0.25, 0.3) is 0 Å². The molecule has 1 aliphatic heterocycles. The smallest absolute Gasteiger partial charge is 0.291 e. The molecule has 0 bridgehead atoms. The number of hydrogen-bond acceptors (Lipinski definition) is 4. The quantitative estimate of drug-likeness (QED) is 0.563. The highest BCUT2D eigenvalue weighted by Gasteiger charge is 2.62. The molecule has 1 aliphatic rings. The molecule has 0 N–H and O–H groups in total. The largest absolute Gasteiger partial charge is 0.368 e. The number of hydrogen-bond donors (Lipinski definition) is 0. The van der Waals surface area contributed by atoms with E-state index in [0.29, 0.717) is 0 Å². The van der Waals surface area contributed by atoms with E-state index in [1.807, 2.05) is 0 Å². The summed E-state index contributed by atoms with van der Waals surface area (Å²) in [5.41, 5.74) is 0. The summed E-state index contributed by atoms with van der Waals surface area (Å²) in [6.45, 7) is -0.600. The average Bonchev–Trinajstić information content (AvgIpc) is 2.41. The summed E-state index contributed by atoms with van der Waals surface area (Å²) in [5, 5.41) is -2.21. The maximum Gasteiger partial charge on any atom is 0.368 e. The number of alkyl halides is 4. The molecule has 0 spiro atoms. The number of Topliss-reactive ketones (excluding diaryl/α,β-unsaturated/α-hetero) is 1. The molecule has 0 saturated carbocycles. The lowest BCUT2D eigenvalue weighted by Gasteiger charge is -2.23. The molecule has 0 aromatic heterocycles. The molecule has 9 heteroatoms. The maximum atomic E-state index is 12.9. The third kappa shape index (κ3) is 2.05. The Morgan fingerprint density at radius 1 is 1.31 bits per heavy atom. The van der Waals surface area contributed by atoms with E-state index in [2.05, 4.69) is 4.18 Å². The van der Waals surface area contributed by atoms with Gasteiger partial charge in [-0.15, -0.1) is 0 Å². The van der Waals surface area contributed by atoms with Crippen LogP contribution in [0.1, 0.15) is 13.3 Å². The highest BCUT2D eigenvalue weighted by atomic mass is 32.2. The van der Waals surface area contributed by atoms with Gasteiger partial charge in [0.25, 0.3) is 10.1 Å². The molecule has 0 amide bonds. The van der Waals surface area contributed by atoms with Crippen LogP contribution in [0.3, 0.4) is 0 Å². The molecular formula is C7H8F4O4S. The monoisotopic (exact) mass is 264 g/mol. The summed E-state index contributed by atoms with van der Waals surface area (Å²) >= 11 is 0. The van der Waals surface area contributed by atoms with E-state index in [1.54, 1.807) is 0 Å². The van der Waals surface area contributed by atoms with Crippen molar-refractivity contribution in [3.63, 3.8) is 0 Å². The average molecular weight is 264 g/mol. The van der Waals surface area contributed by atoms with Gasteiger partial charge in [0.1, 0.15) is 0 Å². The van der Waals surface area contributed by atoms with Crippen molar-refractivity contribution >= 4 is 15.9 Å². The summed E-state index contributed by atoms with van der Waals surface area (Å²) < 4.78 is 76.7. The first-order valence-corrected chi connectivity index (χ1v) is 5.65. The molecule has 0 aromatic rings. The van der Waals surface area contributed by atoms with Gasteiger partial charge in [0.05, 0.1) is 6.61 Å². The van der Waals surface area contributed by atoms with Gasteiger partial charge in [-0.1, -0.05) is 0 Å². The summed E-state index contributed by atoms with van der Waals surface area (Å²) in [5.74, 6) is -11.9. The number of rotatable bonds is 3. The fraction of sp³-hybridized carbons (Fsp3) is 0.857. The third-order valence-corrected chi connectivity index (χ3v) is 3.77. The Hall–Kier alpha value is -0.700. The Balaban J connectivity index is 3.04. The van der Waals surface area contributed by atoms with Crippen LogP contribution in [0, 0.1) is 0 Å². The second-order valence-electron chi connectivity index (χ2n) is 3.42. The van der Waals surface area contributed by atoms with Gasteiger partial charge in [0.2, 0.25) is 5.78 Å². The van der Waals surface area contributed by atoms with Gasteiger partial charge < -0.3 is 0 Å². The minimum atomic E-state index is -5.02. The van der Waals surface area contributed by atoms with Crippen molar-refractivity contribution < 1.29 is 35.0 Å². The second-order valence-corrected chi connectivity index (χ2v) is 5.21. The predicted octanol–water partition coefficient (Wildman–Crippen LogP) is 0.965. The van der Waals surface area contributed by atoms with E-state index in [-0.39, 0.29) is 6.92 Å². The molecule has 1 fully saturated rings. The summed E-state index contributed by atoms with van der Waals surface area (Å²) in [6.07, 6.45) is -0.535. The zero-order chi connectivity index (χ0) is 12.8. The molecule has 1 saturated heterocycles. The van der Waals surface area contributed by atoms with Crippen LogP contribution in [0.5, 0.6) is 0 Å². The number of carbonyl (C=O) groups is 1. The molecule has 4 nitrogen and oxygen atoms in total. The van der Waals surface area contributed by atoms with Crippen LogP contribution in [-0.2, 0) is 19.1 Å². The SMILES string of the molecule is CC(F)(F)C(F)(F)C(=O)C1CCOS1(=O)=O. The maximum absolute atomic E-state index is 12.9. The lowest BCUT2D eigenvalue weighted by atomic mass is 10.0. The minimum absolute atomic E-state index is 0.146. The highest BCUT2D eigenvalue weighted by molar-refractivity contribution is 7.88. The van der Waals surface area contributed by atoms with Gasteiger partial charge >= 0.3 is 11.8 Å². The Morgan fingerprint density at radius 3 is 2.12 bits per heavy atom. The Labute approximate surface area is 88.7 Å². The number of carbonyl (C=O) groups excluding carboxylic acids is 1. The molecule has 1 atom stereocenters. The summed E-state index contributed by atoms with van der Waals surface area (Å²) in [4.78, 5) is 11.0. The Kier molecular flexibility index (Phi) is 3.05. The van der Waals surface area contributed by atoms with Gasteiger partial charge in [0.15, 0.2) is 5.25 Å². The number of ketones is 1. The normalized spacial score (nSPS) is 25.7. The predicted molar refractivity (Wildman–Crippen MR) is 43.9 cm³/mol. The molecular weight excluding hydrogens is 256 g/mol. The van der Waals surface area contributed by atoms with Crippen molar-refractivity contribution in [3.8, 4) is 0 Å². The van der Waals surface area contributed by atoms with Gasteiger partial charge in [-0.2, -0.15) is 26.0 Å². The molecule has 0 aliphatic carbocycles. The van der Waals surface area contributed by atoms with Crippen LogP contribution >= 0.6 is 0 Å². The zero-order valence-electron chi connectivity index (χ0n) is 8.04. The summed E-state index contributed by atoms with van der Waals surface area (Å²) in [7, 11) is -4.49. The van der Waals surface area contributed by atoms with Gasteiger partial charge in [0, 0.05) is 6.92 Å². The topological polar surface area (TPSA) is 60.4 Å². The summed E-state index contributed by atoms with van der Waals surface area (Å²) in [6, 6.07) is 0. The van der Waals surface area contributed by atoms with Crippen LogP contribution in [0.2, 0.25) is 0 Å². The van der Waals surface area contributed by atoms with Crippen LogP contribution in [0.15, 0.2) is 0 Å². The molecule has 94 valence electrons. The number of halogens is 4. The van der Waals surface area contributed by atoms with Crippen molar-refractivity contribution in [2.45, 2.75) is 30.4 Å². The van der Waals surface area contributed by atoms with Crippen molar-refractivity contribution in [1.29, 1.82) is 0 Å². The minimum Gasteiger partial charge on any atom is -0.291 e. The molecule has 0 aromatic carbocycles. The molecule has 16 heavy (non-hydrogen) atoms. The standard InChI is InChI=1S/C7H8F4O4S/c1-6(8,9)7(10,11)5(12)4-2-3-15-16(4,13)14/h4H,2-3H2,1H3. The van der Waals surface area contributed by atoms with E-state index < -0.39 is 46.0 Å². The van der Waals surface area contributed by atoms with E-state index in [0.717, 1.165) is 0 Å².